The second kappa shape index (κ2) is 7.74. The van der Waals surface area contributed by atoms with E-state index >= 15 is 0 Å². The summed E-state index contributed by atoms with van der Waals surface area (Å²) >= 11 is 0. The fourth-order valence-corrected chi connectivity index (χ4v) is 2.39. The summed E-state index contributed by atoms with van der Waals surface area (Å²) in [4.78, 5) is 38.1. The molecule has 7 heteroatoms. The zero-order valence-corrected chi connectivity index (χ0v) is 13.7. The Morgan fingerprint density at radius 1 is 1.21 bits per heavy atom. The standard InChI is InChI=1S/C17H22N4O3/c1-10(18)16(23)20-11(2)17(24)21-13(9-22)7-12-8-19-15-6-4-3-5-14(12)15/h3-6,8-11,13,19H,7,18H2,1-2H3,(H,20,23)(H,21,24)/t10-,11+,13+/m1/s1. The number of carbonyl (C=O) groups excluding carboxylic acids is 3. The third-order valence-electron chi connectivity index (χ3n) is 3.77. The van der Waals surface area contributed by atoms with Gasteiger partial charge in [0.15, 0.2) is 0 Å². The van der Waals surface area contributed by atoms with Crippen LogP contribution in [0.3, 0.4) is 0 Å². The predicted molar refractivity (Wildman–Crippen MR) is 91.3 cm³/mol. The number of nitrogens with two attached hydrogens (primary N) is 1. The van der Waals surface area contributed by atoms with Crippen LogP contribution < -0.4 is 16.4 Å². The Kier molecular flexibility index (Phi) is 5.70. The highest BCUT2D eigenvalue weighted by Crippen LogP contribution is 2.18. The van der Waals surface area contributed by atoms with E-state index in [-0.39, 0.29) is 0 Å². The summed E-state index contributed by atoms with van der Waals surface area (Å²) < 4.78 is 0. The second-order valence-corrected chi connectivity index (χ2v) is 5.83. The number of H-pyrrole nitrogens is 1. The molecule has 7 nitrogen and oxygen atoms in total. The van der Waals surface area contributed by atoms with Gasteiger partial charge in [0.25, 0.3) is 0 Å². The van der Waals surface area contributed by atoms with Crippen LogP contribution in [0.2, 0.25) is 0 Å². The Bertz CT molecular complexity index is 738. The van der Waals surface area contributed by atoms with Crippen molar-refractivity contribution >= 4 is 29.0 Å². The SMILES string of the molecule is C[C@H](NC(=O)[C@@H](C)N)C(=O)N[C@H](C=O)Cc1c[nH]c2ccccc12. The number of hydrogen-bond acceptors (Lipinski definition) is 4. The number of amides is 2. The fraction of sp³-hybridized carbons (Fsp3) is 0.353. The molecule has 0 aliphatic heterocycles. The van der Waals surface area contributed by atoms with E-state index in [0.29, 0.717) is 12.7 Å². The number of benzene rings is 1. The van der Waals surface area contributed by atoms with Crippen LogP contribution in [0, 0.1) is 0 Å². The van der Waals surface area contributed by atoms with E-state index in [4.69, 9.17) is 5.73 Å². The minimum absolute atomic E-state index is 0.368. The molecule has 0 saturated heterocycles. The normalized spacial score (nSPS) is 14.6. The first-order valence-electron chi connectivity index (χ1n) is 7.79. The molecule has 5 N–H and O–H groups in total. The number of fused-ring (bicyclic) bond motifs is 1. The van der Waals surface area contributed by atoms with Gasteiger partial charge in [-0.1, -0.05) is 18.2 Å². The lowest BCUT2D eigenvalue weighted by Crippen LogP contribution is -2.52. The number of para-hydroxylation sites is 1. The molecule has 0 unspecified atom stereocenters. The first kappa shape index (κ1) is 17.7. The lowest BCUT2D eigenvalue weighted by molar-refractivity contribution is -0.130. The van der Waals surface area contributed by atoms with Gasteiger partial charge < -0.3 is 26.1 Å². The van der Waals surface area contributed by atoms with E-state index in [0.717, 1.165) is 16.5 Å². The summed E-state index contributed by atoms with van der Waals surface area (Å²) in [5, 5.41) is 6.15. The Balaban J connectivity index is 2.00. The number of aromatic nitrogens is 1. The number of aromatic amines is 1. The summed E-state index contributed by atoms with van der Waals surface area (Å²) in [7, 11) is 0. The van der Waals surface area contributed by atoms with E-state index in [1.165, 1.54) is 6.92 Å². The maximum Gasteiger partial charge on any atom is 0.242 e. The first-order chi connectivity index (χ1) is 11.4. The van der Waals surface area contributed by atoms with Crippen LogP contribution >= 0.6 is 0 Å². The van der Waals surface area contributed by atoms with E-state index in [2.05, 4.69) is 15.6 Å². The van der Waals surface area contributed by atoms with Gasteiger partial charge in [0, 0.05) is 23.5 Å². The molecule has 0 saturated carbocycles. The van der Waals surface area contributed by atoms with Gasteiger partial charge in [-0.15, -0.1) is 0 Å². The molecule has 0 radical (unpaired) electrons. The molecule has 0 bridgehead atoms. The van der Waals surface area contributed by atoms with Crippen LogP contribution in [0.4, 0.5) is 0 Å². The zero-order valence-electron chi connectivity index (χ0n) is 13.7. The van der Waals surface area contributed by atoms with Crippen molar-refractivity contribution in [1.29, 1.82) is 0 Å². The Morgan fingerprint density at radius 2 is 1.92 bits per heavy atom. The van der Waals surface area contributed by atoms with Crippen molar-refractivity contribution in [1.82, 2.24) is 15.6 Å². The number of aldehydes is 1. The van der Waals surface area contributed by atoms with Crippen LogP contribution in [-0.4, -0.2) is 41.2 Å². The lowest BCUT2D eigenvalue weighted by Gasteiger charge is -2.18. The molecule has 24 heavy (non-hydrogen) atoms. The highest BCUT2D eigenvalue weighted by Gasteiger charge is 2.21. The maximum atomic E-state index is 12.1. The summed E-state index contributed by atoms with van der Waals surface area (Å²) in [6.07, 6.45) is 2.89. The lowest BCUT2D eigenvalue weighted by atomic mass is 10.1. The number of hydrogen-bond donors (Lipinski definition) is 4. The van der Waals surface area contributed by atoms with Gasteiger partial charge >= 0.3 is 0 Å². The average Bonchev–Trinajstić information content (AvgIpc) is 2.97. The van der Waals surface area contributed by atoms with Gasteiger partial charge in [-0.2, -0.15) is 0 Å². The molecular formula is C17H22N4O3. The zero-order chi connectivity index (χ0) is 17.7. The highest BCUT2D eigenvalue weighted by atomic mass is 16.2. The Hall–Kier alpha value is -2.67. The molecule has 2 aromatic rings. The predicted octanol–water partition coefficient (Wildman–Crippen LogP) is 0.246. The summed E-state index contributed by atoms with van der Waals surface area (Å²) in [5.41, 5.74) is 7.36. The van der Waals surface area contributed by atoms with Crippen LogP contribution in [-0.2, 0) is 20.8 Å². The summed E-state index contributed by atoms with van der Waals surface area (Å²) in [6.45, 7) is 3.08. The monoisotopic (exact) mass is 330 g/mol. The van der Waals surface area contributed by atoms with Gasteiger partial charge in [0.1, 0.15) is 12.3 Å². The second-order valence-electron chi connectivity index (χ2n) is 5.83. The molecule has 3 atom stereocenters. The molecule has 128 valence electrons. The maximum absolute atomic E-state index is 12.1. The first-order valence-corrected chi connectivity index (χ1v) is 7.79. The number of rotatable bonds is 7. The third kappa shape index (κ3) is 4.20. The van der Waals surface area contributed by atoms with Gasteiger partial charge in [0.2, 0.25) is 11.8 Å². The molecular weight excluding hydrogens is 308 g/mol. The smallest absolute Gasteiger partial charge is 0.242 e. The van der Waals surface area contributed by atoms with E-state index in [1.807, 2.05) is 30.5 Å². The van der Waals surface area contributed by atoms with E-state index in [9.17, 15) is 14.4 Å². The summed E-state index contributed by atoms with van der Waals surface area (Å²) in [5.74, 6) is -0.849. The molecule has 1 heterocycles. The third-order valence-corrected chi connectivity index (χ3v) is 3.77. The van der Waals surface area contributed by atoms with Crippen molar-refractivity contribution in [3.8, 4) is 0 Å². The highest BCUT2D eigenvalue weighted by molar-refractivity contribution is 5.90. The van der Waals surface area contributed by atoms with Crippen molar-refractivity contribution in [3.05, 3.63) is 36.0 Å². The summed E-state index contributed by atoms with van der Waals surface area (Å²) in [6, 6.07) is 5.59. The van der Waals surface area contributed by atoms with Crippen molar-refractivity contribution in [2.75, 3.05) is 0 Å². The van der Waals surface area contributed by atoms with E-state index < -0.39 is 29.9 Å². The van der Waals surface area contributed by atoms with Crippen molar-refractivity contribution in [2.45, 2.75) is 38.4 Å². The number of carbonyl (C=O) groups is 3. The van der Waals surface area contributed by atoms with Gasteiger partial charge in [0.05, 0.1) is 12.1 Å². The van der Waals surface area contributed by atoms with Gasteiger partial charge in [-0.3, -0.25) is 9.59 Å². The Labute approximate surface area is 140 Å². The average molecular weight is 330 g/mol. The molecule has 0 fully saturated rings. The van der Waals surface area contributed by atoms with Crippen molar-refractivity contribution < 1.29 is 14.4 Å². The molecule has 0 aliphatic carbocycles. The van der Waals surface area contributed by atoms with Crippen LogP contribution in [0.15, 0.2) is 30.5 Å². The van der Waals surface area contributed by atoms with Crippen LogP contribution in [0.25, 0.3) is 10.9 Å². The minimum atomic E-state index is -0.770. The molecule has 0 spiro atoms. The van der Waals surface area contributed by atoms with Gasteiger partial charge in [-0.05, 0) is 25.5 Å². The topological polar surface area (TPSA) is 117 Å². The molecule has 0 aliphatic rings. The van der Waals surface area contributed by atoms with Crippen molar-refractivity contribution in [2.24, 2.45) is 5.73 Å². The molecule has 1 aromatic heterocycles. The fourth-order valence-electron chi connectivity index (χ4n) is 2.39. The van der Waals surface area contributed by atoms with Crippen LogP contribution in [0.5, 0.6) is 0 Å². The van der Waals surface area contributed by atoms with Gasteiger partial charge in [-0.25, -0.2) is 0 Å². The van der Waals surface area contributed by atoms with Crippen LogP contribution in [0.1, 0.15) is 19.4 Å². The Morgan fingerprint density at radius 3 is 2.58 bits per heavy atom. The molecule has 1 aromatic carbocycles. The minimum Gasteiger partial charge on any atom is -0.361 e. The largest absolute Gasteiger partial charge is 0.361 e. The molecule has 2 amide bonds. The number of nitrogens with one attached hydrogen (secondary N) is 3. The quantitative estimate of drug-likeness (QED) is 0.544. The van der Waals surface area contributed by atoms with E-state index in [1.54, 1.807) is 6.92 Å². The molecule has 2 rings (SSSR count). The van der Waals surface area contributed by atoms with Crippen molar-refractivity contribution in [3.63, 3.8) is 0 Å².